The number of ether oxygens (including phenoxy) is 3. The van der Waals surface area contributed by atoms with E-state index in [4.69, 9.17) is 83.8 Å². The van der Waals surface area contributed by atoms with Gasteiger partial charge >= 0.3 is 0 Å². The van der Waals surface area contributed by atoms with E-state index in [-0.39, 0.29) is 0 Å². The third-order valence-corrected chi connectivity index (χ3v) is 6.83. The maximum atomic E-state index is 6.75. The Balaban J connectivity index is 2.34. The summed E-state index contributed by atoms with van der Waals surface area (Å²) in [6, 6.07) is 10.1. The molecule has 0 saturated carbocycles. The molecule has 0 radical (unpaired) electrons. The minimum atomic E-state index is -0.693. The minimum Gasteiger partial charge on any atom is -0.494 e. The molecule has 0 heterocycles. The highest BCUT2D eigenvalue weighted by Crippen LogP contribution is 2.30. The molecule has 0 aliphatic heterocycles. The van der Waals surface area contributed by atoms with Gasteiger partial charge in [-0.3, -0.25) is 0 Å². The van der Waals surface area contributed by atoms with Crippen LogP contribution in [0.5, 0.6) is 17.2 Å². The van der Waals surface area contributed by atoms with Crippen molar-refractivity contribution in [2.45, 2.75) is 20.8 Å². The molecule has 0 unspecified atom stereocenters. The second-order valence-electron chi connectivity index (χ2n) is 7.13. The Kier molecular flexibility index (Phi) is 9.86. The van der Waals surface area contributed by atoms with Crippen LogP contribution in [0.2, 0.25) is 30.1 Å². The molecule has 3 aromatic carbocycles. The van der Waals surface area contributed by atoms with Crippen LogP contribution < -0.4 is 30.6 Å². The van der Waals surface area contributed by atoms with Gasteiger partial charge in [0.2, 0.25) is 0 Å². The van der Waals surface area contributed by atoms with Crippen LogP contribution in [0.3, 0.4) is 0 Å². The van der Waals surface area contributed by atoms with E-state index < -0.39 is 6.71 Å². The molecule has 3 nitrogen and oxygen atoms in total. The van der Waals surface area contributed by atoms with E-state index in [9.17, 15) is 0 Å². The number of halogens is 6. The zero-order chi connectivity index (χ0) is 25.0. The van der Waals surface area contributed by atoms with Gasteiger partial charge in [0, 0.05) is 30.1 Å². The van der Waals surface area contributed by atoms with Crippen molar-refractivity contribution in [3.8, 4) is 17.2 Å². The Labute approximate surface area is 230 Å². The van der Waals surface area contributed by atoms with Crippen LogP contribution in [0.4, 0.5) is 0 Å². The van der Waals surface area contributed by atoms with Crippen LogP contribution in [0.15, 0.2) is 36.4 Å². The first kappa shape index (κ1) is 27.5. The molecule has 3 aromatic rings. The van der Waals surface area contributed by atoms with Crippen LogP contribution in [0.25, 0.3) is 0 Å². The predicted molar refractivity (Wildman–Crippen MR) is 148 cm³/mol. The highest BCUT2D eigenvalue weighted by atomic mass is 35.5. The van der Waals surface area contributed by atoms with E-state index in [0.717, 1.165) is 0 Å². The second-order valence-corrected chi connectivity index (χ2v) is 9.58. The molecule has 180 valence electrons. The summed E-state index contributed by atoms with van der Waals surface area (Å²) in [5.74, 6) is 1.60. The molecular formula is C24H21BCl6O3. The van der Waals surface area contributed by atoms with Gasteiger partial charge < -0.3 is 14.2 Å². The van der Waals surface area contributed by atoms with Crippen molar-refractivity contribution in [3.05, 3.63) is 66.5 Å². The summed E-state index contributed by atoms with van der Waals surface area (Å²) in [7, 11) is 0. The molecule has 0 N–H and O–H groups in total. The summed E-state index contributed by atoms with van der Waals surface area (Å²) in [5.41, 5.74) is 1.60. The largest absolute Gasteiger partial charge is 0.494 e. The monoisotopic (exact) mass is 578 g/mol. The van der Waals surface area contributed by atoms with E-state index in [1.165, 1.54) is 0 Å². The Hall–Kier alpha value is -1.14. The van der Waals surface area contributed by atoms with Crippen molar-refractivity contribution in [1.29, 1.82) is 0 Å². The molecule has 0 amide bonds. The molecule has 10 heteroatoms. The first-order valence-electron chi connectivity index (χ1n) is 10.6. The lowest BCUT2D eigenvalue weighted by Gasteiger charge is -2.24. The maximum absolute atomic E-state index is 6.75. The first-order chi connectivity index (χ1) is 16.2. The molecule has 0 bridgehead atoms. The van der Waals surface area contributed by atoms with E-state index in [0.29, 0.717) is 83.6 Å². The highest BCUT2D eigenvalue weighted by molar-refractivity contribution is 7.01. The van der Waals surface area contributed by atoms with Gasteiger partial charge in [-0.05, 0) is 73.6 Å². The van der Waals surface area contributed by atoms with E-state index in [1.54, 1.807) is 36.4 Å². The quantitative estimate of drug-likeness (QED) is 0.248. The van der Waals surface area contributed by atoms with Crippen molar-refractivity contribution in [1.82, 2.24) is 0 Å². The minimum absolute atomic E-state index is 0.350. The molecule has 0 fully saturated rings. The molecular weight excluding hydrogens is 560 g/mol. The van der Waals surface area contributed by atoms with Crippen molar-refractivity contribution < 1.29 is 14.2 Å². The van der Waals surface area contributed by atoms with Crippen molar-refractivity contribution in [2.24, 2.45) is 0 Å². The van der Waals surface area contributed by atoms with Crippen molar-refractivity contribution in [2.75, 3.05) is 19.8 Å². The Morgan fingerprint density at radius 2 is 0.676 bits per heavy atom. The summed E-state index contributed by atoms with van der Waals surface area (Å²) >= 11 is 40.5. The summed E-state index contributed by atoms with van der Waals surface area (Å²) in [6.45, 7) is 6.31. The molecule has 0 spiro atoms. The second kappa shape index (κ2) is 12.2. The molecule has 34 heavy (non-hydrogen) atoms. The van der Waals surface area contributed by atoms with Gasteiger partial charge in [0.15, 0.2) is 0 Å². The van der Waals surface area contributed by atoms with Gasteiger partial charge in [0.25, 0.3) is 6.71 Å². The fraction of sp³-hybridized carbons (Fsp3) is 0.250. The molecule has 0 atom stereocenters. The standard InChI is InChI=1S/C24H21BCl6O3/c1-4-32-13-7-16(26)22(17(27)8-13)25(23-18(28)9-14(33-5-2)10-19(23)29)24-20(30)11-15(34-6-3)12-21(24)31/h7-12H,4-6H2,1-3H3. The van der Waals surface area contributed by atoms with Gasteiger partial charge in [-0.2, -0.15) is 0 Å². The molecule has 0 saturated heterocycles. The van der Waals surface area contributed by atoms with Crippen LogP contribution in [0, 0.1) is 0 Å². The van der Waals surface area contributed by atoms with Gasteiger partial charge in [0.1, 0.15) is 17.2 Å². The Morgan fingerprint density at radius 3 is 0.853 bits per heavy atom. The number of rotatable bonds is 9. The first-order valence-corrected chi connectivity index (χ1v) is 12.8. The molecule has 0 aliphatic carbocycles. The molecule has 0 aromatic heterocycles. The van der Waals surface area contributed by atoms with Crippen molar-refractivity contribution in [3.63, 3.8) is 0 Å². The zero-order valence-electron chi connectivity index (χ0n) is 18.7. The Morgan fingerprint density at radius 1 is 0.471 bits per heavy atom. The Bertz CT molecular complexity index is 972. The van der Waals surface area contributed by atoms with E-state index >= 15 is 0 Å². The fourth-order valence-electron chi connectivity index (χ4n) is 3.69. The summed E-state index contributed by atoms with van der Waals surface area (Å²) in [6.07, 6.45) is 0. The summed E-state index contributed by atoms with van der Waals surface area (Å²) in [4.78, 5) is 0. The number of hydrogen-bond acceptors (Lipinski definition) is 3. The lowest BCUT2D eigenvalue weighted by atomic mass is 9.36. The van der Waals surface area contributed by atoms with Crippen LogP contribution in [0.1, 0.15) is 20.8 Å². The van der Waals surface area contributed by atoms with E-state index in [2.05, 4.69) is 0 Å². The fourth-order valence-corrected chi connectivity index (χ4v) is 5.75. The topological polar surface area (TPSA) is 27.7 Å². The average Bonchev–Trinajstić information content (AvgIpc) is 2.72. The number of hydrogen-bond donors (Lipinski definition) is 0. The molecule has 0 aliphatic rings. The summed E-state index contributed by atoms with van der Waals surface area (Å²) < 4.78 is 16.8. The highest BCUT2D eigenvalue weighted by Gasteiger charge is 2.35. The smallest absolute Gasteiger partial charge is 0.252 e. The third kappa shape index (κ3) is 5.98. The lowest BCUT2D eigenvalue weighted by molar-refractivity contribution is 0.340. The maximum Gasteiger partial charge on any atom is 0.252 e. The zero-order valence-corrected chi connectivity index (χ0v) is 23.2. The normalized spacial score (nSPS) is 10.9. The average molecular weight is 581 g/mol. The van der Waals surface area contributed by atoms with Crippen LogP contribution >= 0.6 is 69.6 Å². The van der Waals surface area contributed by atoms with Gasteiger partial charge in [0.05, 0.1) is 19.8 Å². The summed E-state index contributed by atoms with van der Waals surface area (Å²) in [5, 5.41) is 2.10. The third-order valence-electron chi connectivity index (χ3n) is 4.96. The van der Waals surface area contributed by atoms with Gasteiger partial charge in [-0.25, -0.2) is 0 Å². The van der Waals surface area contributed by atoms with E-state index in [1.807, 2.05) is 20.8 Å². The van der Waals surface area contributed by atoms with Crippen LogP contribution in [-0.2, 0) is 0 Å². The lowest BCUT2D eigenvalue weighted by Crippen LogP contribution is -2.54. The predicted octanol–water partition coefficient (Wildman–Crippen LogP) is 7.32. The van der Waals surface area contributed by atoms with Gasteiger partial charge in [-0.15, -0.1) is 0 Å². The molecule has 3 rings (SSSR count). The van der Waals surface area contributed by atoms with Crippen LogP contribution in [-0.4, -0.2) is 26.5 Å². The number of benzene rings is 3. The SMILES string of the molecule is CCOc1cc(Cl)c(B(c2c(Cl)cc(OCC)cc2Cl)c2c(Cl)cc(OCC)cc2Cl)c(Cl)c1. The van der Waals surface area contributed by atoms with Crippen molar-refractivity contribution >= 4 is 92.7 Å². The van der Waals surface area contributed by atoms with Gasteiger partial charge in [-0.1, -0.05) is 69.6 Å².